The highest BCUT2D eigenvalue weighted by atomic mass is 127. The number of carbonyl (C=O) groups is 1. The second kappa shape index (κ2) is 8.53. The summed E-state index contributed by atoms with van der Waals surface area (Å²) in [6.07, 6.45) is 0. The molecule has 0 bridgehead atoms. The maximum absolute atomic E-state index is 13.3. The van der Waals surface area contributed by atoms with Crippen LogP contribution in [0.1, 0.15) is 15.9 Å². The van der Waals surface area contributed by atoms with Crippen LogP contribution in [0.25, 0.3) is 0 Å². The largest absolute Gasteiger partial charge is 0.333 e. The van der Waals surface area contributed by atoms with E-state index in [4.69, 9.17) is 0 Å². The van der Waals surface area contributed by atoms with E-state index in [0.717, 1.165) is 5.56 Å². The smallest absolute Gasteiger partial charge is 0.255 e. The molecule has 0 saturated carbocycles. The molecule has 6 heteroatoms. The summed E-state index contributed by atoms with van der Waals surface area (Å²) in [7, 11) is 3.87. The molecule has 0 fully saturated rings. The van der Waals surface area contributed by atoms with E-state index in [9.17, 15) is 13.6 Å². The number of hydrogen-bond acceptors (Lipinski definition) is 2. The number of carbonyl (C=O) groups excluding carboxylic acids is 1. The van der Waals surface area contributed by atoms with Crippen molar-refractivity contribution in [1.29, 1.82) is 0 Å². The van der Waals surface area contributed by atoms with Crippen molar-refractivity contribution in [2.75, 3.05) is 27.2 Å². The number of benzene rings is 2. The second-order valence-electron chi connectivity index (χ2n) is 5.78. The SMILES string of the molecule is CN(C)CCN(Cc1ccc(F)cc1)C(=O)c1ccc(F)cc1I. The third-order valence-corrected chi connectivity index (χ3v) is 4.45. The molecule has 24 heavy (non-hydrogen) atoms. The van der Waals surface area contributed by atoms with Gasteiger partial charge in [0, 0.05) is 23.2 Å². The lowest BCUT2D eigenvalue weighted by atomic mass is 10.1. The van der Waals surface area contributed by atoms with E-state index in [-0.39, 0.29) is 17.5 Å². The van der Waals surface area contributed by atoms with E-state index in [2.05, 4.69) is 0 Å². The lowest BCUT2D eigenvalue weighted by molar-refractivity contribution is 0.0731. The van der Waals surface area contributed by atoms with E-state index in [1.165, 1.54) is 30.3 Å². The molecule has 0 atom stereocenters. The average molecular weight is 444 g/mol. The van der Waals surface area contributed by atoms with E-state index >= 15 is 0 Å². The van der Waals surface area contributed by atoms with Gasteiger partial charge in [-0.05, 0) is 72.6 Å². The van der Waals surface area contributed by atoms with Gasteiger partial charge < -0.3 is 9.80 Å². The molecule has 0 unspecified atom stereocenters. The summed E-state index contributed by atoms with van der Waals surface area (Å²) >= 11 is 1.96. The van der Waals surface area contributed by atoms with Crippen molar-refractivity contribution in [2.45, 2.75) is 6.54 Å². The lowest BCUT2D eigenvalue weighted by Gasteiger charge is -2.25. The van der Waals surface area contributed by atoms with E-state index in [1.807, 2.05) is 41.6 Å². The second-order valence-corrected chi connectivity index (χ2v) is 6.94. The Kier molecular flexibility index (Phi) is 6.68. The molecule has 0 N–H and O–H groups in total. The molecule has 128 valence electrons. The summed E-state index contributed by atoms with van der Waals surface area (Å²) in [6, 6.07) is 10.2. The van der Waals surface area contributed by atoms with Crippen molar-refractivity contribution in [3.63, 3.8) is 0 Å². The fraction of sp³-hybridized carbons (Fsp3) is 0.278. The van der Waals surface area contributed by atoms with Crippen LogP contribution in [-0.2, 0) is 6.54 Å². The highest BCUT2D eigenvalue weighted by molar-refractivity contribution is 14.1. The van der Waals surface area contributed by atoms with Gasteiger partial charge in [0.05, 0.1) is 5.56 Å². The normalized spacial score (nSPS) is 10.9. The van der Waals surface area contributed by atoms with Crippen LogP contribution in [0.15, 0.2) is 42.5 Å². The molecular weight excluding hydrogens is 425 g/mol. The summed E-state index contributed by atoms with van der Waals surface area (Å²) < 4.78 is 26.9. The van der Waals surface area contributed by atoms with Gasteiger partial charge in [0.25, 0.3) is 5.91 Å². The highest BCUT2D eigenvalue weighted by Gasteiger charge is 2.19. The number of rotatable bonds is 6. The minimum atomic E-state index is -0.366. The number of halogens is 3. The van der Waals surface area contributed by atoms with Crippen LogP contribution in [0, 0.1) is 15.2 Å². The Hall–Kier alpha value is -1.54. The highest BCUT2D eigenvalue weighted by Crippen LogP contribution is 2.18. The first-order valence-electron chi connectivity index (χ1n) is 7.50. The fourth-order valence-corrected chi connectivity index (χ4v) is 2.92. The Morgan fingerprint density at radius 2 is 1.62 bits per heavy atom. The van der Waals surface area contributed by atoms with Crippen molar-refractivity contribution in [3.05, 3.63) is 68.8 Å². The number of likely N-dealkylation sites (N-methyl/N-ethyl adjacent to an activating group) is 1. The maximum Gasteiger partial charge on any atom is 0.255 e. The molecule has 0 heterocycles. The van der Waals surface area contributed by atoms with Gasteiger partial charge in [-0.15, -0.1) is 0 Å². The summed E-state index contributed by atoms with van der Waals surface area (Å²) in [5, 5.41) is 0. The van der Waals surface area contributed by atoms with Gasteiger partial charge in [0.15, 0.2) is 0 Å². The summed E-state index contributed by atoms with van der Waals surface area (Å²) in [6.45, 7) is 1.60. The average Bonchev–Trinajstić information content (AvgIpc) is 2.52. The van der Waals surface area contributed by atoms with Gasteiger partial charge in [-0.25, -0.2) is 8.78 Å². The molecule has 0 aliphatic carbocycles. The molecule has 0 spiro atoms. The Morgan fingerprint density at radius 3 is 2.21 bits per heavy atom. The van der Waals surface area contributed by atoms with Crippen LogP contribution in [-0.4, -0.2) is 42.9 Å². The molecular formula is C18H19F2IN2O. The van der Waals surface area contributed by atoms with E-state index in [1.54, 1.807) is 17.0 Å². The molecule has 2 rings (SSSR count). The predicted molar refractivity (Wildman–Crippen MR) is 98.8 cm³/mol. The monoisotopic (exact) mass is 444 g/mol. The zero-order valence-electron chi connectivity index (χ0n) is 13.6. The predicted octanol–water partition coefficient (Wildman–Crippen LogP) is 3.77. The Labute approximate surface area is 154 Å². The molecule has 0 aliphatic rings. The standard InChI is InChI=1S/C18H19F2IN2O/c1-22(2)9-10-23(12-13-3-5-14(19)6-4-13)18(24)16-8-7-15(20)11-17(16)21/h3-8,11H,9-10,12H2,1-2H3. The molecule has 0 saturated heterocycles. The van der Waals surface area contributed by atoms with Crippen LogP contribution in [0.2, 0.25) is 0 Å². The van der Waals surface area contributed by atoms with Crippen LogP contribution >= 0.6 is 22.6 Å². The topological polar surface area (TPSA) is 23.6 Å². The minimum absolute atomic E-state index is 0.162. The third-order valence-electron chi connectivity index (χ3n) is 3.55. The van der Waals surface area contributed by atoms with Gasteiger partial charge in [-0.1, -0.05) is 12.1 Å². The molecule has 2 aromatic rings. The molecule has 0 aromatic heterocycles. The number of nitrogens with zero attached hydrogens (tertiary/aromatic N) is 2. The van der Waals surface area contributed by atoms with Gasteiger partial charge in [0.2, 0.25) is 0 Å². The molecule has 3 nitrogen and oxygen atoms in total. The quantitative estimate of drug-likeness (QED) is 0.634. The number of hydrogen-bond donors (Lipinski definition) is 0. The van der Waals surface area contributed by atoms with Crippen molar-refractivity contribution in [1.82, 2.24) is 9.80 Å². The summed E-state index contributed by atoms with van der Waals surface area (Å²) in [5.41, 5.74) is 1.32. The van der Waals surface area contributed by atoms with Crippen LogP contribution in [0.3, 0.4) is 0 Å². The first-order valence-corrected chi connectivity index (χ1v) is 8.58. The minimum Gasteiger partial charge on any atom is -0.333 e. The summed E-state index contributed by atoms with van der Waals surface area (Å²) in [4.78, 5) is 16.6. The van der Waals surface area contributed by atoms with Crippen molar-refractivity contribution >= 4 is 28.5 Å². The first-order chi connectivity index (χ1) is 11.4. The lowest BCUT2D eigenvalue weighted by Crippen LogP contribution is -2.36. The van der Waals surface area contributed by atoms with Gasteiger partial charge >= 0.3 is 0 Å². The van der Waals surface area contributed by atoms with Gasteiger partial charge in [-0.2, -0.15) is 0 Å². The van der Waals surface area contributed by atoms with Crippen molar-refractivity contribution in [3.8, 4) is 0 Å². The van der Waals surface area contributed by atoms with E-state index < -0.39 is 0 Å². The maximum atomic E-state index is 13.3. The Morgan fingerprint density at radius 1 is 1.00 bits per heavy atom. The number of amides is 1. The molecule has 1 amide bonds. The molecule has 0 radical (unpaired) electrons. The first kappa shape index (κ1) is 18.8. The Bertz CT molecular complexity index is 705. The van der Waals surface area contributed by atoms with Gasteiger partial charge in [-0.3, -0.25) is 4.79 Å². The van der Waals surface area contributed by atoms with E-state index in [0.29, 0.717) is 28.8 Å². The van der Waals surface area contributed by atoms with Crippen molar-refractivity contribution in [2.24, 2.45) is 0 Å². The molecule has 2 aromatic carbocycles. The zero-order chi connectivity index (χ0) is 17.7. The zero-order valence-corrected chi connectivity index (χ0v) is 15.8. The Balaban J connectivity index is 2.23. The van der Waals surface area contributed by atoms with Crippen molar-refractivity contribution < 1.29 is 13.6 Å². The van der Waals surface area contributed by atoms with Crippen LogP contribution < -0.4 is 0 Å². The third kappa shape index (κ3) is 5.24. The van der Waals surface area contributed by atoms with Crippen LogP contribution in [0.4, 0.5) is 8.78 Å². The van der Waals surface area contributed by atoms with Gasteiger partial charge in [0.1, 0.15) is 11.6 Å². The summed E-state index contributed by atoms with van der Waals surface area (Å²) in [5.74, 6) is -0.835. The van der Waals surface area contributed by atoms with Crippen LogP contribution in [0.5, 0.6) is 0 Å². The molecule has 0 aliphatic heterocycles. The fourth-order valence-electron chi connectivity index (χ4n) is 2.22.